The molecule has 1 rings (SSSR count). The van der Waals surface area contributed by atoms with Crippen LogP contribution in [0.1, 0.15) is 40.5 Å². The number of nitrogens with two attached hydrogens (primary N) is 1. The summed E-state index contributed by atoms with van der Waals surface area (Å²) in [7, 11) is -3.59. The normalized spacial score (nSPS) is 13.1. The van der Waals surface area contributed by atoms with Crippen molar-refractivity contribution in [2.45, 2.75) is 57.6 Å². The summed E-state index contributed by atoms with van der Waals surface area (Å²) in [6, 6.07) is 0. The lowest BCUT2D eigenvalue weighted by molar-refractivity contribution is 0.391. The van der Waals surface area contributed by atoms with Gasteiger partial charge in [-0.15, -0.1) is 0 Å². The Morgan fingerprint density at radius 2 is 2.00 bits per heavy atom. The molecule has 116 valence electrons. The number of hydrogen-bond acceptors (Lipinski definition) is 4. The van der Waals surface area contributed by atoms with Crippen molar-refractivity contribution in [1.29, 1.82) is 0 Å². The summed E-state index contributed by atoms with van der Waals surface area (Å²) in [5.74, 6) is 0.435. The first-order valence-corrected chi connectivity index (χ1v) is 8.51. The highest BCUT2D eigenvalue weighted by Crippen LogP contribution is 2.12. The van der Waals surface area contributed by atoms with Crippen LogP contribution in [0.25, 0.3) is 0 Å². The van der Waals surface area contributed by atoms with Gasteiger partial charge in [-0.05, 0) is 18.8 Å². The molecule has 0 unspecified atom stereocenters. The molecule has 0 saturated heterocycles. The highest BCUT2D eigenvalue weighted by Gasteiger charge is 2.25. The van der Waals surface area contributed by atoms with Gasteiger partial charge in [0.25, 0.3) is 10.0 Å². The predicted octanol–water partition coefficient (Wildman–Crippen LogP) is 1.33. The minimum Gasteiger partial charge on any atom is -0.336 e. The van der Waals surface area contributed by atoms with E-state index in [1.165, 1.54) is 0 Å². The Labute approximate surface area is 121 Å². The number of nitrogens with one attached hydrogen (secondary N) is 1. The van der Waals surface area contributed by atoms with Crippen LogP contribution in [-0.2, 0) is 16.6 Å². The molecular weight excluding hydrogens is 276 g/mol. The quantitative estimate of drug-likeness (QED) is 0.758. The molecule has 0 aliphatic rings. The highest BCUT2D eigenvalue weighted by molar-refractivity contribution is 7.89. The summed E-state index contributed by atoms with van der Waals surface area (Å²) in [6.07, 6.45) is 4.53. The Morgan fingerprint density at radius 3 is 2.50 bits per heavy atom. The van der Waals surface area contributed by atoms with E-state index >= 15 is 0 Å². The van der Waals surface area contributed by atoms with Crippen LogP contribution in [0.3, 0.4) is 0 Å². The average Bonchev–Trinajstić information content (AvgIpc) is 2.84. The third-order valence-corrected chi connectivity index (χ3v) is 4.77. The van der Waals surface area contributed by atoms with Crippen LogP contribution < -0.4 is 10.5 Å². The molecule has 1 heterocycles. The van der Waals surface area contributed by atoms with Crippen molar-refractivity contribution in [2.24, 2.45) is 11.7 Å². The summed E-state index contributed by atoms with van der Waals surface area (Å²) in [5.41, 5.74) is 5.59. The van der Waals surface area contributed by atoms with Crippen molar-refractivity contribution in [2.75, 3.05) is 6.54 Å². The Bertz CT molecular complexity index is 518. The first kappa shape index (κ1) is 17.1. The second kappa shape index (κ2) is 6.69. The third kappa shape index (κ3) is 4.57. The predicted molar refractivity (Wildman–Crippen MR) is 79.8 cm³/mol. The molecule has 0 bridgehead atoms. The molecule has 7 heteroatoms. The number of hydrogen-bond donors (Lipinski definition) is 2. The molecule has 20 heavy (non-hydrogen) atoms. The molecule has 0 spiro atoms. The van der Waals surface area contributed by atoms with Gasteiger partial charge in [-0.1, -0.05) is 27.7 Å². The number of aromatic nitrogens is 2. The Morgan fingerprint density at radius 1 is 1.40 bits per heavy atom. The van der Waals surface area contributed by atoms with Gasteiger partial charge < -0.3 is 10.3 Å². The van der Waals surface area contributed by atoms with E-state index < -0.39 is 15.6 Å². The van der Waals surface area contributed by atoms with Crippen molar-refractivity contribution in [1.82, 2.24) is 14.3 Å². The van der Waals surface area contributed by atoms with E-state index in [9.17, 15) is 8.42 Å². The van der Waals surface area contributed by atoms with Crippen molar-refractivity contribution < 1.29 is 8.42 Å². The standard InChI is InChI=1S/C13H26N4O2S/c1-5-13(14,6-2)9-16-20(18,19)12-8-17(10-15-12)7-11(3)4/h8,10-11,16H,5-7,9,14H2,1-4H3. The Balaban J connectivity index is 2.76. The molecule has 0 fully saturated rings. The molecule has 0 aliphatic carbocycles. The summed E-state index contributed by atoms with van der Waals surface area (Å²) in [6.45, 7) is 9.01. The van der Waals surface area contributed by atoms with E-state index in [2.05, 4.69) is 23.6 Å². The van der Waals surface area contributed by atoms with E-state index in [4.69, 9.17) is 5.73 Å². The van der Waals surface area contributed by atoms with Crippen LogP contribution in [-0.4, -0.2) is 30.1 Å². The van der Waals surface area contributed by atoms with Gasteiger partial charge in [0.2, 0.25) is 0 Å². The van der Waals surface area contributed by atoms with E-state index in [1.807, 2.05) is 13.8 Å². The zero-order chi connectivity index (χ0) is 15.4. The van der Waals surface area contributed by atoms with Crippen LogP contribution in [0.15, 0.2) is 17.6 Å². The van der Waals surface area contributed by atoms with Crippen LogP contribution in [0.2, 0.25) is 0 Å². The maximum absolute atomic E-state index is 12.2. The minimum absolute atomic E-state index is 0.0488. The van der Waals surface area contributed by atoms with Crippen LogP contribution >= 0.6 is 0 Å². The van der Waals surface area contributed by atoms with E-state index in [-0.39, 0.29) is 11.6 Å². The summed E-state index contributed by atoms with van der Waals surface area (Å²) >= 11 is 0. The molecule has 0 radical (unpaired) electrons. The molecule has 0 aromatic carbocycles. The zero-order valence-electron chi connectivity index (χ0n) is 12.8. The molecule has 0 saturated carbocycles. The smallest absolute Gasteiger partial charge is 0.259 e. The van der Waals surface area contributed by atoms with Crippen LogP contribution in [0.5, 0.6) is 0 Å². The fourth-order valence-electron chi connectivity index (χ4n) is 1.81. The first-order valence-electron chi connectivity index (χ1n) is 7.02. The average molecular weight is 302 g/mol. The maximum Gasteiger partial charge on any atom is 0.259 e. The molecular formula is C13H26N4O2S. The number of nitrogens with zero attached hydrogens (tertiary/aromatic N) is 2. The van der Waals surface area contributed by atoms with Crippen molar-refractivity contribution >= 4 is 10.0 Å². The number of sulfonamides is 1. The monoisotopic (exact) mass is 302 g/mol. The molecule has 0 aliphatic heterocycles. The molecule has 0 amide bonds. The van der Waals surface area contributed by atoms with Crippen LogP contribution in [0.4, 0.5) is 0 Å². The second-order valence-electron chi connectivity index (χ2n) is 5.70. The fraction of sp³-hybridized carbons (Fsp3) is 0.769. The van der Waals surface area contributed by atoms with Gasteiger partial charge in [-0.3, -0.25) is 0 Å². The summed E-state index contributed by atoms with van der Waals surface area (Å²) in [4.78, 5) is 3.96. The van der Waals surface area contributed by atoms with Gasteiger partial charge in [0, 0.05) is 24.8 Å². The van der Waals surface area contributed by atoms with E-state index in [0.717, 1.165) is 6.54 Å². The van der Waals surface area contributed by atoms with E-state index in [0.29, 0.717) is 18.8 Å². The van der Waals surface area contributed by atoms with Gasteiger partial charge in [-0.2, -0.15) is 0 Å². The molecule has 6 nitrogen and oxygen atoms in total. The largest absolute Gasteiger partial charge is 0.336 e. The van der Waals surface area contributed by atoms with Gasteiger partial charge in [0.05, 0.1) is 6.33 Å². The lowest BCUT2D eigenvalue weighted by Gasteiger charge is -2.26. The molecule has 1 aromatic heterocycles. The number of imidazole rings is 1. The van der Waals surface area contributed by atoms with Crippen molar-refractivity contribution in [3.05, 3.63) is 12.5 Å². The number of rotatable bonds is 8. The van der Waals surface area contributed by atoms with Gasteiger partial charge in [0.15, 0.2) is 5.03 Å². The third-order valence-electron chi connectivity index (χ3n) is 3.48. The first-order chi connectivity index (χ1) is 9.22. The van der Waals surface area contributed by atoms with Crippen molar-refractivity contribution in [3.8, 4) is 0 Å². The van der Waals surface area contributed by atoms with E-state index in [1.54, 1.807) is 17.1 Å². The lowest BCUT2D eigenvalue weighted by Crippen LogP contribution is -2.49. The van der Waals surface area contributed by atoms with Gasteiger partial charge in [-0.25, -0.2) is 18.1 Å². The van der Waals surface area contributed by atoms with Crippen molar-refractivity contribution in [3.63, 3.8) is 0 Å². The molecule has 0 atom stereocenters. The Kier molecular flexibility index (Phi) is 5.73. The topological polar surface area (TPSA) is 90.0 Å². The lowest BCUT2D eigenvalue weighted by atomic mass is 9.95. The van der Waals surface area contributed by atoms with Gasteiger partial charge >= 0.3 is 0 Å². The second-order valence-corrected chi connectivity index (χ2v) is 7.41. The van der Waals surface area contributed by atoms with Gasteiger partial charge in [0.1, 0.15) is 0 Å². The molecule has 1 aromatic rings. The summed E-state index contributed by atoms with van der Waals surface area (Å²) < 4.78 is 28.7. The Hall–Kier alpha value is -0.920. The fourth-order valence-corrected chi connectivity index (χ4v) is 2.90. The maximum atomic E-state index is 12.2. The summed E-state index contributed by atoms with van der Waals surface area (Å²) in [5, 5.41) is 0.0488. The minimum atomic E-state index is -3.59. The molecule has 3 N–H and O–H groups in total. The SMILES string of the molecule is CCC(N)(CC)CNS(=O)(=O)c1cn(CC(C)C)cn1. The highest BCUT2D eigenvalue weighted by atomic mass is 32.2. The van der Waals surface area contributed by atoms with Crippen LogP contribution in [0, 0.1) is 5.92 Å². The zero-order valence-corrected chi connectivity index (χ0v) is 13.6.